The van der Waals surface area contributed by atoms with Crippen LogP contribution in [0.25, 0.3) is 0 Å². The van der Waals surface area contributed by atoms with Gasteiger partial charge in [-0.15, -0.1) is 0 Å². The summed E-state index contributed by atoms with van der Waals surface area (Å²) in [7, 11) is 1.95. The van der Waals surface area contributed by atoms with E-state index in [1.807, 2.05) is 30.1 Å². The van der Waals surface area contributed by atoms with Gasteiger partial charge in [0.15, 0.2) is 0 Å². The Hall–Kier alpha value is -2.10. The van der Waals surface area contributed by atoms with E-state index in [0.717, 1.165) is 11.5 Å². The highest BCUT2D eigenvalue weighted by atomic mass is 15.2. The second-order valence-corrected chi connectivity index (χ2v) is 3.67. The average Bonchev–Trinajstić information content (AvgIpc) is 2.29. The lowest BCUT2D eigenvalue weighted by Crippen LogP contribution is -2.12. The van der Waals surface area contributed by atoms with Crippen molar-refractivity contribution in [2.24, 2.45) is 0 Å². The number of aryl methyl sites for hydroxylation is 1. The Morgan fingerprint density at radius 3 is 2.44 bits per heavy atom. The van der Waals surface area contributed by atoms with Gasteiger partial charge in [0.2, 0.25) is 5.95 Å². The van der Waals surface area contributed by atoms with Gasteiger partial charge < -0.3 is 10.6 Å². The van der Waals surface area contributed by atoms with E-state index in [1.165, 1.54) is 5.56 Å². The van der Waals surface area contributed by atoms with Gasteiger partial charge >= 0.3 is 0 Å². The molecule has 0 fully saturated rings. The lowest BCUT2D eigenvalue weighted by molar-refractivity contribution is 1.09. The van der Waals surface area contributed by atoms with E-state index in [1.54, 1.807) is 6.20 Å². The Labute approximate surface area is 94.8 Å². The molecule has 0 aliphatic rings. The van der Waals surface area contributed by atoms with Gasteiger partial charge in [0.25, 0.3) is 0 Å². The minimum atomic E-state index is 0.288. The van der Waals surface area contributed by atoms with E-state index >= 15 is 0 Å². The van der Waals surface area contributed by atoms with Gasteiger partial charge in [0.05, 0.1) is 0 Å². The monoisotopic (exact) mass is 214 g/mol. The van der Waals surface area contributed by atoms with Gasteiger partial charge in [-0.05, 0) is 25.1 Å². The highest BCUT2D eigenvalue weighted by Crippen LogP contribution is 2.21. The molecule has 4 heteroatoms. The van der Waals surface area contributed by atoms with Gasteiger partial charge in [-0.2, -0.15) is 4.98 Å². The molecule has 0 amide bonds. The van der Waals surface area contributed by atoms with Crippen LogP contribution in [0.1, 0.15) is 5.56 Å². The van der Waals surface area contributed by atoms with Crippen molar-refractivity contribution >= 4 is 17.5 Å². The minimum Gasteiger partial charge on any atom is -0.368 e. The second kappa shape index (κ2) is 4.18. The molecule has 1 aromatic heterocycles. The molecule has 2 rings (SSSR count). The molecule has 0 aliphatic heterocycles. The van der Waals surface area contributed by atoms with E-state index < -0.39 is 0 Å². The van der Waals surface area contributed by atoms with E-state index in [4.69, 9.17) is 5.73 Å². The summed E-state index contributed by atoms with van der Waals surface area (Å²) in [6, 6.07) is 10.1. The van der Waals surface area contributed by atoms with Crippen LogP contribution in [0, 0.1) is 6.92 Å². The lowest BCUT2D eigenvalue weighted by atomic mass is 10.2. The van der Waals surface area contributed by atoms with Gasteiger partial charge in [-0.3, -0.25) is 0 Å². The van der Waals surface area contributed by atoms with Crippen molar-refractivity contribution in [3.63, 3.8) is 0 Å². The fourth-order valence-corrected chi connectivity index (χ4v) is 1.45. The summed E-state index contributed by atoms with van der Waals surface area (Å²) < 4.78 is 0. The summed E-state index contributed by atoms with van der Waals surface area (Å²) >= 11 is 0. The number of benzene rings is 1. The van der Waals surface area contributed by atoms with Crippen LogP contribution in [0.15, 0.2) is 36.5 Å². The predicted octanol–water partition coefficient (Wildman–Crippen LogP) is 2.14. The van der Waals surface area contributed by atoms with Crippen molar-refractivity contribution in [1.82, 2.24) is 9.97 Å². The Bertz CT molecular complexity index is 479. The summed E-state index contributed by atoms with van der Waals surface area (Å²) in [5, 5.41) is 0. The zero-order valence-electron chi connectivity index (χ0n) is 9.38. The van der Waals surface area contributed by atoms with Gasteiger partial charge in [0.1, 0.15) is 5.82 Å². The number of hydrogen-bond acceptors (Lipinski definition) is 4. The van der Waals surface area contributed by atoms with Crippen LogP contribution in [0.2, 0.25) is 0 Å². The van der Waals surface area contributed by atoms with Crippen LogP contribution in [0.5, 0.6) is 0 Å². The molecule has 4 nitrogen and oxygen atoms in total. The molecule has 82 valence electrons. The Kier molecular flexibility index (Phi) is 2.72. The molecule has 0 saturated carbocycles. The highest BCUT2D eigenvalue weighted by Gasteiger charge is 2.05. The Morgan fingerprint density at radius 1 is 1.12 bits per heavy atom. The van der Waals surface area contributed by atoms with Crippen LogP contribution in [0.4, 0.5) is 17.5 Å². The van der Waals surface area contributed by atoms with Crippen LogP contribution in [0.3, 0.4) is 0 Å². The van der Waals surface area contributed by atoms with E-state index in [-0.39, 0.29) is 5.95 Å². The number of aromatic nitrogens is 2. The number of nitrogens with zero attached hydrogens (tertiary/aromatic N) is 3. The zero-order valence-corrected chi connectivity index (χ0v) is 9.38. The van der Waals surface area contributed by atoms with Crippen LogP contribution in [-0.2, 0) is 0 Å². The molecule has 1 aromatic carbocycles. The van der Waals surface area contributed by atoms with Crippen molar-refractivity contribution in [1.29, 1.82) is 0 Å². The minimum absolute atomic E-state index is 0.288. The summed E-state index contributed by atoms with van der Waals surface area (Å²) in [5.74, 6) is 1.08. The van der Waals surface area contributed by atoms with Crippen LogP contribution < -0.4 is 10.6 Å². The number of anilines is 3. The summed E-state index contributed by atoms with van der Waals surface area (Å²) in [5.41, 5.74) is 7.86. The number of rotatable bonds is 2. The molecule has 0 atom stereocenters. The van der Waals surface area contributed by atoms with Crippen molar-refractivity contribution in [2.45, 2.75) is 6.92 Å². The fraction of sp³-hybridized carbons (Fsp3) is 0.167. The first kappa shape index (κ1) is 10.4. The molecule has 2 aromatic rings. The molecule has 2 N–H and O–H groups in total. The maximum Gasteiger partial charge on any atom is 0.221 e. The van der Waals surface area contributed by atoms with Crippen molar-refractivity contribution < 1.29 is 0 Å². The SMILES string of the molecule is Cc1ccc(N(C)c2ccnc(N)n2)cc1. The smallest absolute Gasteiger partial charge is 0.221 e. The molecule has 0 unspecified atom stereocenters. The quantitative estimate of drug-likeness (QED) is 0.832. The Morgan fingerprint density at radius 2 is 1.81 bits per heavy atom. The van der Waals surface area contributed by atoms with E-state index in [9.17, 15) is 0 Å². The third-order valence-corrected chi connectivity index (χ3v) is 2.42. The van der Waals surface area contributed by atoms with Crippen molar-refractivity contribution in [3.8, 4) is 0 Å². The molecular weight excluding hydrogens is 200 g/mol. The predicted molar refractivity (Wildman–Crippen MR) is 65.7 cm³/mol. The number of nitrogens with two attached hydrogens (primary N) is 1. The molecule has 0 aliphatic carbocycles. The fourth-order valence-electron chi connectivity index (χ4n) is 1.45. The molecular formula is C12H14N4. The lowest BCUT2D eigenvalue weighted by Gasteiger charge is -2.18. The highest BCUT2D eigenvalue weighted by molar-refractivity contribution is 5.59. The van der Waals surface area contributed by atoms with Crippen LogP contribution in [-0.4, -0.2) is 17.0 Å². The van der Waals surface area contributed by atoms with Gasteiger partial charge in [-0.1, -0.05) is 17.7 Å². The maximum absolute atomic E-state index is 5.55. The molecule has 1 heterocycles. The molecule has 0 radical (unpaired) electrons. The first-order valence-electron chi connectivity index (χ1n) is 5.06. The summed E-state index contributed by atoms with van der Waals surface area (Å²) in [4.78, 5) is 10.0. The largest absolute Gasteiger partial charge is 0.368 e. The topological polar surface area (TPSA) is 55.0 Å². The zero-order chi connectivity index (χ0) is 11.5. The third-order valence-electron chi connectivity index (χ3n) is 2.42. The first-order valence-corrected chi connectivity index (χ1v) is 5.06. The van der Waals surface area contributed by atoms with E-state index in [0.29, 0.717) is 0 Å². The molecule has 0 bridgehead atoms. The molecule has 0 spiro atoms. The van der Waals surface area contributed by atoms with E-state index in [2.05, 4.69) is 29.0 Å². The van der Waals surface area contributed by atoms with Crippen LogP contribution >= 0.6 is 0 Å². The van der Waals surface area contributed by atoms with Crippen molar-refractivity contribution in [2.75, 3.05) is 17.7 Å². The van der Waals surface area contributed by atoms with Gasteiger partial charge in [0, 0.05) is 18.9 Å². The summed E-state index contributed by atoms with van der Waals surface area (Å²) in [6.45, 7) is 2.06. The Balaban J connectivity index is 2.31. The first-order chi connectivity index (χ1) is 7.66. The maximum atomic E-state index is 5.55. The van der Waals surface area contributed by atoms with Gasteiger partial charge in [-0.25, -0.2) is 4.98 Å². The summed E-state index contributed by atoms with van der Waals surface area (Å²) in [6.07, 6.45) is 1.66. The normalized spacial score (nSPS) is 10.1. The number of hydrogen-bond donors (Lipinski definition) is 1. The van der Waals surface area contributed by atoms with Crippen molar-refractivity contribution in [3.05, 3.63) is 42.1 Å². The molecule has 0 saturated heterocycles. The second-order valence-electron chi connectivity index (χ2n) is 3.67. The number of nitrogen functional groups attached to an aromatic ring is 1. The standard InChI is InChI=1S/C12H14N4/c1-9-3-5-10(6-4-9)16(2)11-7-8-14-12(13)15-11/h3-8H,1-2H3,(H2,13,14,15). The third kappa shape index (κ3) is 2.11. The molecule has 16 heavy (non-hydrogen) atoms. The average molecular weight is 214 g/mol.